The van der Waals surface area contributed by atoms with Crippen LogP contribution in [0.4, 0.5) is 5.95 Å². The van der Waals surface area contributed by atoms with Crippen LogP contribution in [-0.4, -0.2) is 42.8 Å². The van der Waals surface area contributed by atoms with Crippen LogP contribution in [0.15, 0.2) is 6.20 Å². The molecule has 1 unspecified atom stereocenters. The summed E-state index contributed by atoms with van der Waals surface area (Å²) in [5.41, 5.74) is 2.20. The summed E-state index contributed by atoms with van der Waals surface area (Å²) in [6.45, 7) is 11.8. The Morgan fingerprint density at radius 2 is 2.15 bits per heavy atom. The molecule has 0 aromatic carbocycles. The zero-order chi connectivity index (χ0) is 15.0. The van der Waals surface area contributed by atoms with Gasteiger partial charge in [-0.25, -0.2) is 9.97 Å². The summed E-state index contributed by atoms with van der Waals surface area (Å²) in [6, 6.07) is 0.407. The molecule has 0 aliphatic heterocycles. The van der Waals surface area contributed by atoms with Crippen molar-refractivity contribution in [2.24, 2.45) is 0 Å². The molecular weight excluding hydrogens is 252 g/mol. The van der Waals surface area contributed by atoms with Gasteiger partial charge < -0.3 is 15.0 Å². The van der Waals surface area contributed by atoms with E-state index in [0.717, 1.165) is 43.3 Å². The first-order valence-corrected chi connectivity index (χ1v) is 7.42. The van der Waals surface area contributed by atoms with E-state index in [0.29, 0.717) is 12.6 Å². The van der Waals surface area contributed by atoms with E-state index < -0.39 is 0 Å². The number of methoxy groups -OCH3 is 1. The van der Waals surface area contributed by atoms with Gasteiger partial charge in [0.15, 0.2) is 0 Å². The lowest BCUT2D eigenvalue weighted by Gasteiger charge is -2.28. The van der Waals surface area contributed by atoms with Gasteiger partial charge in [0.25, 0.3) is 0 Å². The molecule has 0 spiro atoms. The van der Waals surface area contributed by atoms with Gasteiger partial charge >= 0.3 is 0 Å². The third-order valence-electron chi connectivity index (χ3n) is 3.55. The Kier molecular flexibility index (Phi) is 7.47. The second kappa shape index (κ2) is 8.87. The fraction of sp³-hybridized carbons (Fsp3) is 0.733. The van der Waals surface area contributed by atoms with Crippen LogP contribution in [-0.2, 0) is 11.3 Å². The van der Waals surface area contributed by atoms with Gasteiger partial charge in [-0.2, -0.15) is 0 Å². The van der Waals surface area contributed by atoms with E-state index in [-0.39, 0.29) is 0 Å². The number of nitrogens with zero attached hydrogens (tertiary/aromatic N) is 3. The molecule has 1 aromatic heterocycles. The van der Waals surface area contributed by atoms with Crippen LogP contribution in [0, 0.1) is 6.92 Å². The molecule has 0 fully saturated rings. The van der Waals surface area contributed by atoms with Gasteiger partial charge in [-0.1, -0.05) is 13.8 Å². The minimum Gasteiger partial charge on any atom is -0.383 e. The van der Waals surface area contributed by atoms with Gasteiger partial charge in [-0.15, -0.1) is 0 Å². The van der Waals surface area contributed by atoms with E-state index in [9.17, 15) is 0 Å². The Morgan fingerprint density at radius 3 is 2.70 bits per heavy atom. The van der Waals surface area contributed by atoms with Crippen molar-refractivity contribution in [1.29, 1.82) is 0 Å². The highest BCUT2D eigenvalue weighted by molar-refractivity contribution is 5.34. The first kappa shape index (κ1) is 16.9. The van der Waals surface area contributed by atoms with Gasteiger partial charge in [-0.05, 0) is 26.8 Å². The molecule has 1 heterocycles. The number of ether oxygens (including phenoxy) is 1. The Hall–Kier alpha value is -1.20. The molecule has 20 heavy (non-hydrogen) atoms. The molecule has 1 N–H and O–H groups in total. The number of nitrogens with one attached hydrogen (secondary N) is 1. The summed E-state index contributed by atoms with van der Waals surface area (Å²) in [4.78, 5) is 11.4. The smallest absolute Gasteiger partial charge is 0.225 e. The molecule has 0 bridgehead atoms. The van der Waals surface area contributed by atoms with Gasteiger partial charge in [0.2, 0.25) is 5.95 Å². The zero-order valence-corrected chi connectivity index (χ0v) is 13.4. The van der Waals surface area contributed by atoms with E-state index in [1.54, 1.807) is 7.11 Å². The lowest BCUT2D eigenvalue weighted by Crippen LogP contribution is -2.37. The van der Waals surface area contributed by atoms with E-state index in [1.807, 2.05) is 13.1 Å². The number of rotatable bonds is 9. The van der Waals surface area contributed by atoms with Crippen LogP contribution in [0.5, 0.6) is 0 Å². The van der Waals surface area contributed by atoms with Gasteiger partial charge in [0.1, 0.15) is 0 Å². The molecule has 114 valence electrons. The number of hydrogen-bond acceptors (Lipinski definition) is 5. The Bertz CT molecular complexity index is 397. The van der Waals surface area contributed by atoms with Crippen LogP contribution in [0.2, 0.25) is 0 Å². The van der Waals surface area contributed by atoms with Crippen molar-refractivity contribution in [1.82, 2.24) is 15.3 Å². The Morgan fingerprint density at radius 1 is 1.40 bits per heavy atom. The lowest BCUT2D eigenvalue weighted by molar-refractivity contribution is 0.203. The molecule has 0 aliphatic rings. The molecule has 0 saturated carbocycles. The topological polar surface area (TPSA) is 50.3 Å². The average molecular weight is 280 g/mol. The largest absolute Gasteiger partial charge is 0.383 e. The van der Waals surface area contributed by atoms with Crippen molar-refractivity contribution in [2.75, 3.05) is 31.7 Å². The van der Waals surface area contributed by atoms with Gasteiger partial charge in [0, 0.05) is 43.7 Å². The van der Waals surface area contributed by atoms with Crippen molar-refractivity contribution < 1.29 is 4.74 Å². The van der Waals surface area contributed by atoms with E-state index in [1.165, 1.54) is 0 Å². The zero-order valence-electron chi connectivity index (χ0n) is 13.4. The number of hydrogen-bond donors (Lipinski definition) is 1. The van der Waals surface area contributed by atoms with Crippen molar-refractivity contribution in [3.8, 4) is 0 Å². The van der Waals surface area contributed by atoms with Crippen molar-refractivity contribution in [3.05, 3.63) is 17.5 Å². The third kappa shape index (κ3) is 4.72. The normalized spacial score (nSPS) is 12.4. The number of aromatic nitrogens is 2. The van der Waals surface area contributed by atoms with E-state index in [2.05, 4.69) is 41.0 Å². The third-order valence-corrected chi connectivity index (χ3v) is 3.55. The Balaban J connectivity index is 2.87. The minimum atomic E-state index is 0.407. The van der Waals surface area contributed by atoms with Gasteiger partial charge in [-0.3, -0.25) is 0 Å². The molecule has 1 atom stereocenters. The maximum absolute atomic E-state index is 5.19. The molecule has 1 aromatic rings. The average Bonchev–Trinajstić information content (AvgIpc) is 2.46. The molecule has 1 rings (SSSR count). The summed E-state index contributed by atoms with van der Waals surface area (Å²) in [5.74, 6) is 0.800. The second-order valence-corrected chi connectivity index (χ2v) is 5.00. The van der Waals surface area contributed by atoms with Crippen LogP contribution >= 0.6 is 0 Å². The fourth-order valence-electron chi connectivity index (χ4n) is 1.98. The molecule has 0 amide bonds. The molecular formula is C15H28N4O. The summed E-state index contributed by atoms with van der Waals surface area (Å²) in [6.07, 6.45) is 2.99. The highest BCUT2D eigenvalue weighted by Gasteiger charge is 2.16. The van der Waals surface area contributed by atoms with Crippen molar-refractivity contribution >= 4 is 5.95 Å². The highest BCUT2D eigenvalue weighted by atomic mass is 16.5. The van der Waals surface area contributed by atoms with E-state index >= 15 is 0 Å². The number of anilines is 1. The lowest BCUT2D eigenvalue weighted by atomic mass is 10.2. The minimum absolute atomic E-state index is 0.407. The van der Waals surface area contributed by atoms with E-state index in [4.69, 9.17) is 4.74 Å². The maximum atomic E-state index is 5.19. The SMILES string of the molecule is CCNCc1cnc(N(CCOC)C(C)CC)nc1C. The second-order valence-electron chi connectivity index (χ2n) is 5.00. The van der Waals surface area contributed by atoms with Crippen LogP contribution < -0.4 is 10.2 Å². The standard InChI is InChI=1S/C15H28N4O/c1-6-12(3)19(8-9-20-5)15-17-11-14(10-16-7-2)13(4)18-15/h11-12,16H,6-10H2,1-5H3. The number of aryl methyl sites for hydroxylation is 1. The first-order chi connectivity index (χ1) is 9.63. The molecule has 5 heteroatoms. The quantitative estimate of drug-likeness (QED) is 0.751. The summed E-state index contributed by atoms with van der Waals surface area (Å²) >= 11 is 0. The summed E-state index contributed by atoms with van der Waals surface area (Å²) in [5, 5.41) is 3.31. The maximum Gasteiger partial charge on any atom is 0.225 e. The van der Waals surface area contributed by atoms with Crippen molar-refractivity contribution in [3.63, 3.8) is 0 Å². The molecule has 0 saturated heterocycles. The predicted octanol–water partition coefficient (Wildman–Crippen LogP) is 2.15. The van der Waals surface area contributed by atoms with Crippen molar-refractivity contribution in [2.45, 2.75) is 46.7 Å². The summed E-state index contributed by atoms with van der Waals surface area (Å²) in [7, 11) is 1.72. The van der Waals surface area contributed by atoms with Crippen LogP contribution in [0.3, 0.4) is 0 Å². The van der Waals surface area contributed by atoms with Gasteiger partial charge in [0.05, 0.1) is 6.61 Å². The van der Waals surface area contributed by atoms with Crippen LogP contribution in [0.25, 0.3) is 0 Å². The highest BCUT2D eigenvalue weighted by Crippen LogP contribution is 2.15. The monoisotopic (exact) mass is 280 g/mol. The first-order valence-electron chi connectivity index (χ1n) is 7.42. The Labute approximate surface area is 122 Å². The molecule has 0 aliphatic carbocycles. The van der Waals surface area contributed by atoms with Crippen LogP contribution in [0.1, 0.15) is 38.4 Å². The summed E-state index contributed by atoms with van der Waals surface area (Å²) < 4.78 is 5.19. The molecule has 5 nitrogen and oxygen atoms in total. The molecule has 0 radical (unpaired) electrons. The predicted molar refractivity (Wildman–Crippen MR) is 83.1 cm³/mol. The fourth-order valence-corrected chi connectivity index (χ4v) is 1.98.